The molecule has 0 bridgehead atoms. The van der Waals surface area contributed by atoms with Crippen molar-refractivity contribution in [3.63, 3.8) is 0 Å². The number of ether oxygens (including phenoxy) is 1. The highest BCUT2D eigenvalue weighted by molar-refractivity contribution is 14.0. The van der Waals surface area contributed by atoms with Crippen LogP contribution in [0.2, 0.25) is 5.02 Å². The van der Waals surface area contributed by atoms with Crippen LogP contribution in [0.25, 0.3) is 0 Å². The van der Waals surface area contributed by atoms with Crippen LogP contribution in [0.1, 0.15) is 11.3 Å². The molecule has 0 unspecified atom stereocenters. The first-order valence-corrected chi connectivity index (χ1v) is 8.32. The number of hydrogen-bond acceptors (Lipinski definition) is 2. The third-order valence-corrected chi connectivity index (χ3v) is 3.89. The molecular formula is C18H26ClIN4O. The minimum Gasteiger partial charge on any atom is -0.375 e. The van der Waals surface area contributed by atoms with E-state index < -0.39 is 0 Å². The fraction of sp³-hybridized carbons (Fsp3) is 0.389. The molecule has 0 atom stereocenters. The van der Waals surface area contributed by atoms with Gasteiger partial charge < -0.3 is 19.5 Å². The molecule has 1 N–H and O–H groups in total. The van der Waals surface area contributed by atoms with E-state index in [9.17, 15) is 0 Å². The summed E-state index contributed by atoms with van der Waals surface area (Å²) in [4.78, 5) is 6.37. The number of halogens is 2. The second kappa shape index (κ2) is 11.4. The van der Waals surface area contributed by atoms with E-state index in [2.05, 4.69) is 27.3 Å². The number of nitrogens with zero attached hydrogens (tertiary/aromatic N) is 3. The normalized spacial score (nSPS) is 11.1. The Morgan fingerprint density at radius 1 is 1.32 bits per heavy atom. The zero-order valence-corrected chi connectivity index (χ0v) is 18.0. The van der Waals surface area contributed by atoms with Crippen LogP contribution >= 0.6 is 35.6 Å². The van der Waals surface area contributed by atoms with E-state index in [1.165, 1.54) is 5.56 Å². The van der Waals surface area contributed by atoms with Crippen LogP contribution in [-0.2, 0) is 24.9 Å². The van der Waals surface area contributed by atoms with Gasteiger partial charge in [-0.25, -0.2) is 0 Å². The van der Waals surface area contributed by atoms with Gasteiger partial charge in [-0.1, -0.05) is 41.9 Å². The predicted octanol–water partition coefficient (Wildman–Crippen LogP) is 3.52. The van der Waals surface area contributed by atoms with Crippen molar-refractivity contribution in [1.29, 1.82) is 0 Å². The molecule has 0 aliphatic heterocycles. The topological polar surface area (TPSA) is 41.8 Å². The highest BCUT2D eigenvalue weighted by Gasteiger charge is 2.09. The van der Waals surface area contributed by atoms with Gasteiger partial charge in [0, 0.05) is 39.6 Å². The van der Waals surface area contributed by atoms with Gasteiger partial charge in [0.2, 0.25) is 0 Å². The molecule has 5 nitrogen and oxygen atoms in total. The molecule has 1 aromatic heterocycles. The van der Waals surface area contributed by atoms with E-state index in [-0.39, 0.29) is 24.0 Å². The fourth-order valence-electron chi connectivity index (χ4n) is 2.43. The maximum Gasteiger partial charge on any atom is 0.193 e. The monoisotopic (exact) mass is 476 g/mol. The summed E-state index contributed by atoms with van der Waals surface area (Å²) in [5.41, 5.74) is 2.31. The molecule has 0 amide bonds. The van der Waals surface area contributed by atoms with Gasteiger partial charge in [0.05, 0.1) is 24.8 Å². The van der Waals surface area contributed by atoms with Crippen LogP contribution < -0.4 is 5.32 Å². The summed E-state index contributed by atoms with van der Waals surface area (Å²) in [5.74, 6) is 0.829. The molecule has 0 aliphatic rings. The molecule has 0 saturated carbocycles. The molecule has 2 rings (SSSR count). The first-order chi connectivity index (χ1) is 11.6. The maximum atomic E-state index is 6.03. The number of aryl methyl sites for hydroxylation is 1. The SMILES string of the molecule is CN=C(NCCOCc1ccccc1)N(C)Cc1cc(Cl)cn1C.I. The molecule has 0 fully saturated rings. The van der Waals surface area contributed by atoms with Crippen LogP contribution in [0.3, 0.4) is 0 Å². The number of aliphatic imine (C=N–C) groups is 1. The average Bonchev–Trinajstić information content (AvgIpc) is 2.89. The van der Waals surface area contributed by atoms with Crippen molar-refractivity contribution >= 4 is 41.5 Å². The molecule has 0 radical (unpaired) electrons. The van der Waals surface area contributed by atoms with Crippen molar-refractivity contribution in [3.8, 4) is 0 Å². The maximum absolute atomic E-state index is 6.03. The molecule has 2 aromatic rings. The summed E-state index contributed by atoms with van der Waals surface area (Å²) in [7, 11) is 5.77. The van der Waals surface area contributed by atoms with Gasteiger partial charge in [0.15, 0.2) is 5.96 Å². The molecule has 1 heterocycles. The quantitative estimate of drug-likeness (QED) is 0.288. The van der Waals surface area contributed by atoms with Gasteiger partial charge in [-0.2, -0.15) is 0 Å². The van der Waals surface area contributed by atoms with E-state index >= 15 is 0 Å². The van der Waals surface area contributed by atoms with Crippen molar-refractivity contribution in [2.24, 2.45) is 12.0 Å². The molecule has 25 heavy (non-hydrogen) atoms. The summed E-state index contributed by atoms with van der Waals surface area (Å²) in [6.45, 7) is 2.68. The van der Waals surface area contributed by atoms with Crippen molar-refractivity contribution in [1.82, 2.24) is 14.8 Å². The molecule has 138 valence electrons. The van der Waals surface area contributed by atoms with Crippen LogP contribution in [0, 0.1) is 0 Å². The number of hydrogen-bond donors (Lipinski definition) is 1. The molecule has 0 saturated heterocycles. The second-order valence-corrected chi connectivity index (χ2v) is 6.07. The lowest BCUT2D eigenvalue weighted by Gasteiger charge is -2.22. The van der Waals surface area contributed by atoms with Gasteiger partial charge in [-0.15, -0.1) is 24.0 Å². The van der Waals surface area contributed by atoms with Gasteiger partial charge in [0.1, 0.15) is 0 Å². The van der Waals surface area contributed by atoms with Crippen LogP contribution in [0.5, 0.6) is 0 Å². The van der Waals surface area contributed by atoms with Gasteiger partial charge in [-0.05, 0) is 11.6 Å². The van der Waals surface area contributed by atoms with E-state index in [1.54, 1.807) is 7.05 Å². The third-order valence-electron chi connectivity index (χ3n) is 3.69. The van der Waals surface area contributed by atoms with Gasteiger partial charge in [-0.3, -0.25) is 4.99 Å². The zero-order valence-electron chi connectivity index (χ0n) is 14.9. The summed E-state index contributed by atoms with van der Waals surface area (Å²) in [6, 6.07) is 12.1. The molecule has 7 heteroatoms. The molecule has 1 aromatic carbocycles. The van der Waals surface area contributed by atoms with E-state index in [4.69, 9.17) is 16.3 Å². The second-order valence-electron chi connectivity index (χ2n) is 5.63. The summed E-state index contributed by atoms with van der Waals surface area (Å²) < 4.78 is 7.70. The van der Waals surface area contributed by atoms with Crippen LogP contribution in [-0.4, -0.2) is 42.7 Å². The largest absolute Gasteiger partial charge is 0.375 e. The van der Waals surface area contributed by atoms with E-state index in [1.807, 2.05) is 49.1 Å². The van der Waals surface area contributed by atoms with Crippen molar-refractivity contribution < 1.29 is 4.74 Å². The van der Waals surface area contributed by atoms with Crippen LogP contribution in [0.4, 0.5) is 0 Å². The Morgan fingerprint density at radius 3 is 2.64 bits per heavy atom. The van der Waals surface area contributed by atoms with Crippen LogP contribution in [0.15, 0.2) is 47.6 Å². The number of rotatable bonds is 7. The predicted molar refractivity (Wildman–Crippen MR) is 115 cm³/mol. The highest BCUT2D eigenvalue weighted by Crippen LogP contribution is 2.14. The molecule has 0 aliphatic carbocycles. The van der Waals surface area contributed by atoms with Crippen molar-refractivity contribution in [3.05, 3.63) is 58.9 Å². The number of benzene rings is 1. The van der Waals surface area contributed by atoms with Gasteiger partial charge >= 0.3 is 0 Å². The first kappa shape index (κ1) is 21.8. The lowest BCUT2D eigenvalue weighted by atomic mass is 10.2. The van der Waals surface area contributed by atoms with Crippen molar-refractivity contribution in [2.75, 3.05) is 27.2 Å². The third kappa shape index (κ3) is 7.25. The Balaban J connectivity index is 0.00000312. The summed E-state index contributed by atoms with van der Waals surface area (Å²) in [5, 5.41) is 4.06. The average molecular weight is 477 g/mol. The number of aromatic nitrogens is 1. The summed E-state index contributed by atoms with van der Waals surface area (Å²) in [6.07, 6.45) is 1.90. The Kier molecular flexibility index (Phi) is 9.92. The number of guanidine groups is 1. The minimum absolute atomic E-state index is 0. The number of nitrogens with one attached hydrogen (secondary N) is 1. The fourth-order valence-corrected chi connectivity index (χ4v) is 2.70. The van der Waals surface area contributed by atoms with E-state index in [0.717, 1.165) is 23.2 Å². The van der Waals surface area contributed by atoms with E-state index in [0.29, 0.717) is 19.8 Å². The molecule has 0 spiro atoms. The zero-order chi connectivity index (χ0) is 17.4. The summed E-state index contributed by atoms with van der Waals surface area (Å²) >= 11 is 6.03. The Labute approximate surface area is 172 Å². The lowest BCUT2D eigenvalue weighted by molar-refractivity contribution is 0.125. The lowest BCUT2D eigenvalue weighted by Crippen LogP contribution is -2.40. The molecular weight excluding hydrogens is 451 g/mol. The van der Waals surface area contributed by atoms with Gasteiger partial charge in [0.25, 0.3) is 0 Å². The first-order valence-electron chi connectivity index (χ1n) is 7.94. The highest BCUT2D eigenvalue weighted by atomic mass is 127. The minimum atomic E-state index is 0. The van der Waals surface area contributed by atoms with Crippen molar-refractivity contribution in [2.45, 2.75) is 13.2 Å². The Bertz CT molecular complexity index is 660. The smallest absolute Gasteiger partial charge is 0.193 e. The standard InChI is InChI=1S/C18H25ClN4O.HI/c1-20-18(23(3)13-17-11-16(19)12-22(17)2)21-9-10-24-14-15-7-5-4-6-8-15;/h4-8,11-12H,9-10,13-14H2,1-3H3,(H,20,21);1H. The Hall–Kier alpha value is -1.25. The Morgan fingerprint density at radius 2 is 2.04 bits per heavy atom.